The molecule has 0 N–H and O–H groups in total. The highest BCUT2D eigenvalue weighted by atomic mass is 35.5. The first-order valence-electron chi connectivity index (χ1n) is 6.88. The first kappa shape index (κ1) is 12.2. The Balaban J connectivity index is 1.75. The largest absolute Gasteiger partial charge is 0.298 e. The summed E-state index contributed by atoms with van der Waals surface area (Å²) >= 11 is 12.1. The van der Waals surface area contributed by atoms with Crippen LogP contribution in [0.15, 0.2) is 18.2 Å². The van der Waals surface area contributed by atoms with E-state index in [4.69, 9.17) is 23.2 Å². The normalized spacial score (nSPS) is 39.9. The highest BCUT2D eigenvalue weighted by Gasteiger charge is 2.55. The standard InChI is InChI=1S/C15H15Cl2NO/c16-11-3-1-8(5-12(11)17)10-6-9-2-4-13-15(10)14(19)7-18(9)13/h1,3,5,9-10,13,15H,2,4,6-7H2/t9?,10-,13-,15+/m1/s1. The molecule has 4 heteroatoms. The number of carbonyl (C=O) groups is 1. The van der Waals surface area contributed by atoms with Crippen molar-refractivity contribution < 1.29 is 4.79 Å². The Morgan fingerprint density at radius 2 is 2.00 bits per heavy atom. The van der Waals surface area contributed by atoms with Gasteiger partial charge in [0, 0.05) is 18.0 Å². The zero-order valence-corrected chi connectivity index (χ0v) is 12.0. The van der Waals surface area contributed by atoms with Crippen LogP contribution in [0.4, 0.5) is 0 Å². The molecule has 0 spiro atoms. The molecule has 0 aromatic heterocycles. The molecule has 100 valence electrons. The van der Waals surface area contributed by atoms with Crippen molar-refractivity contribution in [3.05, 3.63) is 33.8 Å². The lowest BCUT2D eigenvalue weighted by atomic mass is 9.77. The van der Waals surface area contributed by atoms with E-state index in [-0.39, 0.29) is 5.92 Å². The van der Waals surface area contributed by atoms with Crippen LogP contribution in [0.25, 0.3) is 0 Å². The summed E-state index contributed by atoms with van der Waals surface area (Å²) in [6, 6.07) is 6.92. The second kappa shape index (κ2) is 4.21. The fraction of sp³-hybridized carbons (Fsp3) is 0.533. The minimum Gasteiger partial charge on any atom is -0.298 e. The van der Waals surface area contributed by atoms with Gasteiger partial charge in [-0.25, -0.2) is 0 Å². The van der Waals surface area contributed by atoms with Crippen molar-refractivity contribution >= 4 is 29.0 Å². The number of carbonyl (C=O) groups excluding carboxylic acids is 1. The SMILES string of the molecule is O=C1CN2C3CC[C@@H]2[C@@H]1[C@@H](c1ccc(Cl)c(Cl)c1)C3. The molecule has 0 aliphatic carbocycles. The average Bonchev–Trinajstić information content (AvgIpc) is 2.78. The third-order valence-corrected chi connectivity index (χ3v) is 5.89. The molecule has 5 atom stereocenters. The van der Waals surface area contributed by atoms with Crippen LogP contribution in [0.5, 0.6) is 0 Å². The molecule has 0 amide bonds. The molecule has 3 fully saturated rings. The van der Waals surface area contributed by atoms with Crippen molar-refractivity contribution in [1.82, 2.24) is 4.90 Å². The van der Waals surface area contributed by atoms with Crippen LogP contribution >= 0.6 is 23.2 Å². The summed E-state index contributed by atoms with van der Waals surface area (Å²) in [6.45, 7) is 0.665. The van der Waals surface area contributed by atoms with E-state index >= 15 is 0 Å². The summed E-state index contributed by atoms with van der Waals surface area (Å²) in [7, 11) is 0. The fourth-order valence-electron chi connectivity index (χ4n) is 4.37. The Morgan fingerprint density at radius 3 is 2.79 bits per heavy atom. The number of benzene rings is 1. The molecule has 3 aliphatic rings. The lowest BCUT2D eigenvalue weighted by molar-refractivity contribution is -0.120. The Bertz CT molecular complexity index is 559. The van der Waals surface area contributed by atoms with Crippen LogP contribution in [-0.4, -0.2) is 29.3 Å². The highest BCUT2D eigenvalue weighted by molar-refractivity contribution is 6.42. The number of piperidine rings is 1. The first-order chi connectivity index (χ1) is 9.15. The molecule has 3 heterocycles. The number of ketones is 1. The van der Waals surface area contributed by atoms with Gasteiger partial charge in [0.05, 0.1) is 16.6 Å². The van der Waals surface area contributed by atoms with Gasteiger partial charge in [-0.3, -0.25) is 9.69 Å². The van der Waals surface area contributed by atoms with Gasteiger partial charge in [-0.2, -0.15) is 0 Å². The molecule has 19 heavy (non-hydrogen) atoms. The van der Waals surface area contributed by atoms with Gasteiger partial charge in [-0.05, 0) is 42.9 Å². The number of hydrogen-bond acceptors (Lipinski definition) is 2. The quantitative estimate of drug-likeness (QED) is 0.790. The van der Waals surface area contributed by atoms with Crippen molar-refractivity contribution in [2.75, 3.05) is 6.54 Å². The molecule has 3 saturated heterocycles. The van der Waals surface area contributed by atoms with E-state index in [1.807, 2.05) is 18.2 Å². The first-order valence-corrected chi connectivity index (χ1v) is 7.64. The van der Waals surface area contributed by atoms with Crippen LogP contribution in [-0.2, 0) is 4.79 Å². The van der Waals surface area contributed by atoms with Crippen LogP contribution in [0.1, 0.15) is 30.7 Å². The van der Waals surface area contributed by atoms with E-state index in [9.17, 15) is 4.79 Å². The minimum absolute atomic E-state index is 0.177. The second-order valence-electron chi connectivity index (χ2n) is 5.98. The molecule has 0 saturated carbocycles. The van der Waals surface area contributed by atoms with E-state index in [1.165, 1.54) is 18.4 Å². The van der Waals surface area contributed by atoms with E-state index < -0.39 is 0 Å². The number of halogens is 2. The maximum Gasteiger partial charge on any atom is 0.152 e. The van der Waals surface area contributed by atoms with Gasteiger partial charge >= 0.3 is 0 Å². The summed E-state index contributed by atoms with van der Waals surface area (Å²) in [5.74, 6) is 0.929. The molecule has 1 aromatic rings. The van der Waals surface area contributed by atoms with Crippen molar-refractivity contribution in [3.8, 4) is 0 Å². The van der Waals surface area contributed by atoms with E-state index in [0.717, 1.165) is 6.42 Å². The molecular weight excluding hydrogens is 281 g/mol. The third-order valence-electron chi connectivity index (χ3n) is 5.15. The fourth-order valence-corrected chi connectivity index (χ4v) is 4.68. The monoisotopic (exact) mass is 295 g/mol. The molecule has 4 bridgehead atoms. The van der Waals surface area contributed by atoms with Crippen LogP contribution in [0, 0.1) is 5.92 Å². The van der Waals surface area contributed by atoms with Gasteiger partial charge in [0.1, 0.15) is 0 Å². The maximum atomic E-state index is 12.3. The van der Waals surface area contributed by atoms with Gasteiger partial charge in [-0.15, -0.1) is 0 Å². The maximum absolute atomic E-state index is 12.3. The van der Waals surface area contributed by atoms with Gasteiger partial charge in [0.25, 0.3) is 0 Å². The van der Waals surface area contributed by atoms with Crippen molar-refractivity contribution in [1.29, 1.82) is 0 Å². The zero-order chi connectivity index (χ0) is 13.1. The lowest BCUT2D eigenvalue weighted by Crippen LogP contribution is -2.40. The summed E-state index contributed by atoms with van der Waals surface area (Å²) in [4.78, 5) is 14.7. The van der Waals surface area contributed by atoms with Crippen LogP contribution in [0.2, 0.25) is 10.0 Å². The Labute approximate surface area is 122 Å². The summed E-state index contributed by atoms with van der Waals surface area (Å²) in [5, 5.41) is 1.18. The highest BCUT2D eigenvalue weighted by Crippen LogP contribution is 2.51. The summed E-state index contributed by atoms with van der Waals surface area (Å²) in [5.41, 5.74) is 1.19. The van der Waals surface area contributed by atoms with E-state index in [0.29, 0.717) is 40.4 Å². The Morgan fingerprint density at radius 1 is 1.16 bits per heavy atom. The molecule has 4 rings (SSSR count). The number of rotatable bonds is 1. The zero-order valence-electron chi connectivity index (χ0n) is 10.5. The minimum atomic E-state index is 0.177. The Hall–Kier alpha value is -0.570. The summed E-state index contributed by atoms with van der Waals surface area (Å²) < 4.78 is 0. The number of hydrogen-bond donors (Lipinski definition) is 0. The summed E-state index contributed by atoms with van der Waals surface area (Å²) in [6.07, 6.45) is 3.51. The van der Waals surface area contributed by atoms with Gasteiger partial charge in [0.2, 0.25) is 0 Å². The van der Waals surface area contributed by atoms with Crippen molar-refractivity contribution in [2.24, 2.45) is 5.92 Å². The molecule has 1 aromatic carbocycles. The number of Topliss-reactive ketones (excluding diaryl/α,β-unsaturated/α-hetero) is 1. The van der Waals surface area contributed by atoms with Crippen molar-refractivity contribution in [3.63, 3.8) is 0 Å². The average molecular weight is 296 g/mol. The van der Waals surface area contributed by atoms with Crippen LogP contribution < -0.4 is 0 Å². The molecule has 3 aliphatic heterocycles. The third kappa shape index (κ3) is 1.70. The second-order valence-corrected chi connectivity index (χ2v) is 6.79. The van der Waals surface area contributed by atoms with Crippen molar-refractivity contribution in [2.45, 2.75) is 37.3 Å². The molecular formula is C15H15Cl2NO. The number of nitrogens with zero attached hydrogens (tertiary/aromatic N) is 1. The van der Waals surface area contributed by atoms with Gasteiger partial charge in [0.15, 0.2) is 5.78 Å². The predicted octanol–water partition coefficient (Wildman–Crippen LogP) is 3.51. The van der Waals surface area contributed by atoms with Gasteiger partial charge < -0.3 is 0 Å². The Kier molecular flexibility index (Phi) is 2.70. The van der Waals surface area contributed by atoms with E-state index in [2.05, 4.69) is 4.90 Å². The topological polar surface area (TPSA) is 20.3 Å². The van der Waals surface area contributed by atoms with Gasteiger partial charge in [-0.1, -0.05) is 29.3 Å². The smallest absolute Gasteiger partial charge is 0.152 e. The molecule has 0 radical (unpaired) electrons. The van der Waals surface area contributed by atoms with E-state index in [1.54, 1.807) is 0 Å². The predicted molar refractivity (Wildman–Crippen MR) is 75.8 cm³/mol. The van der Waals surface area contributed by atoms with Crippen LogP contribution in [0.3, 0.4) is 0 Å². The lowest BCUT2D eigenvalue weighted by Gasteiger charge is -2.36. The molecule has 2 nitrogen and oxygen atoms in total. The molecule has 2 unspecified atom stereocenters.